The second kappa shape index (κ2) is 8.45. The summed E-state index contributed by atoms with van der Waals surface area (Å²) >= 11 is 6.00. The lowest BCUT2D eigenvalue weighted by molar-refractivity contribution is 0.102. The topological polar surface area (TPSA) is 97.9 Å². The normalized spacial score (nSPS) is 11.8. The number of carbonyl (C=O) groups is 2. The minimum atomic E-state index is -0.506. The third kappa shape index (κ3) is 4.34. The van der Waals surface area contributed by atoms with Gasteiger partial charge >= 0.3 is 6.03 Å². The number of anilines is 3. The lowest BCUT2D eigenvalue weighted by Crippen LogP contribution is -2.20. The second-order valence-electron chi connectivity index (χ2n) is 6.55. The van der Waals surface area contributed by atoms with Crippen molar-refractivity contribution in [1.82, 2.24) is 0 Å². The van der Waals surface area contributed by atoms with Gasteiger partial charge in [0.2, 0.25) is 0 Å². The molecule has 0 fully saturated rings. The van der Waals surface area contributed by atoms with Gasteiger partial charge in [-0.05, 0) is 48.5 Å². The van der Waals surface area contributed by atoms with E-state index < -0.39 is 6.03 Å². The monoisotopic (exact) mass is 439 g/mol. The number of halogens is 1. The zero-order chi connectivity index (χ0) is 22.0. The van der Waals surface area contributed by atoms with Crippen LogP contribution in [-0.4, -0.2) is 26.2 Å². The van der Waals surface area contributed by atoms with Crippen molar-refractivity contribution in [2.75, 3.05) is 30.2 Å². The third-order valence-corrected chi connectivity index (χ3v) is 4.78. The molecule has 0 spiro atoms. The summed E-state index contributed by atoms with van der Waals surface area (Å²) in [5.74, 6) is 1.50. The van der Waals surface area contributed by atoms with E-state index in [1.807, 2.05) is 0 Å². The Morgan fingerprint density at radius 2 is 1.77 bits per heavy atom. The number of rotatable bonds is 4. The number of benzene rings is 3. The third-order valence-electron chi connectivity index (χ3n) is 4.55. The fourth-order valence-corrected chi connectivity index (χ4v) is 3.23. The van der Waals surface area contributed by atoms with E-state index >= 15 is 0 Å². The molecule has 1 aliphatic rings. The minimum Gasteiger partial charge on any atom is -0.497 e. The first-order chi connectivity index (χ1) is 15.0. The highest BCUT2D eigenvalue weighted by molar-refractivity contribution is 6.31. The summed E-state index contributed by atoms with van der Waals surface area (Å²) in [4.78, 5) is 25.1. The Balaban J connectivity index is 1.52. The van der Waals surface area contributed by atoms with Gasteiger partial charge in [0, 0.05) is 16.8 Å². The Hall–Kier alpha value is -3.91. The molecule has 0 saturated carbocycles. The van der Waals surface area contributed by atoms with Crippen LogP contribution in [0.25, 0.3) is 0 Å². The van der Waals surface area contributed by atoms with Gasteiger partial charge in [0.05, 0.1) is 31.2 Å². The predicted octanol–water partition coefficient (Wildman–Crippen LogP) is 5.36. The molecule has 158 valence electrons. The van der Waals surface area contributed by atoms with Crippen molar-refractivity contribution in [3.05, 3.63) is 65.2 Å². The van der Waals surface area contributed by atoms with Crippen molar-refractivity contribution in [1.29, 1.82) is 0 Å². The fraction of sp³-hybridized carbons (Fsp3) is 0.0909. The average Bonchev–Trinajstić information content (AvgIpc) is 2.89. The molecule has 9 heteroatoms. The SMILES string of the molecule is COc1ccc(NC(=O)Nc2ccc3c(c2)C(=O)Nc2cc(Cl)ccc2O3)c(OC)c1. The Labute approximate surface area is 183 Å². The number of urea groups is 1. The maximum Gasteiger partial charge on any atom is 0.323 e. The van der Waals surface area contributed by atoms with Crippen molar-refractivity contribution in [3.63, 3.8) is 0 Å². The van der Waals surface area contributed by atoms with Crippen LogP contribution in [-0.2, 0) is 0 Å². The van der Waals surface area contributed by atoms with Crippen LogP contribution >= 0.6 is 11.6 Å². The van der Waals surface area contributed by atoms with Gasteiger partial charge in [-0.3, -0.25) is 4.79 Å². The minimum absolute atomic E-state index is 0.271. The number of hydrogen-bond acceptors (Lipinski definition) is 5. The fourth-order valence-electron chi connectivity index (χ4n) is 3.06. The summed E-state index contributed by atoms with van der Waals surface area (Å²) in [6, 6.07) is 14.3. The molecule has 0 saturated heterocycles. The first-order valence-corrected chi connectivity index (χ1v) is 9.57. The van der Waals surface area contributed by atoms with E-state index in [4.69, 9.17) is 25.8 Å². The highest BCUT2D eigenvalue weighted by Crippen LogP contribution is 2.38. The molecule has 0 aliphatic carbocycles. The Kier molecular flexibility index (Phi) is 5.55. The zero-order valence-electron chi connectivity index (χ0n) is 16.6. The van der Waals surface area contributed by atoms with Crippen molar-refractivity contribution >= 4 is 40.6 Å². The Morgan fingerprint density at radius 3 is 2.55 bits per heavy atom. The number of nitrogens with one attached hydrogen (secondary N) is 3. The standard InChI is InChI=1S/C22H18ClN3O5/c1-29-14-5-6-16(20(11-14)30-2)26-22(28)24-13-4-8-18-15(10-13)21(27)25-17-9-12(23)3-7-19(17)31-18/h3-11H,1-2H3,(H,25,27)(H2,24,26,28). The number of hydrogen-bond donors (Lipinski definition) is 3. The smallest absolute Gasteiger partial charge is 0.323 e. The number of methoxy groups -OCH3 is 2. The molecule has 1 aliphatic heterocycles. The van der Waals surface area contributed by atoms with E-state index in [9.17, 15) is 9.59 Å². The summed E-state index contributed by atoms with van der Waals surface area (Å²) in [6.45, 7) is 0. The van der Waals surface area contributed by atoms with Crippen molar-refractivity contribution in [2.45, 2.75) is 0 Å². The van der Waals surface area contributed by atoms with Crippen LogP contribution in [0.2, 0.25) is 5.02 Å². The van der Waals surface area contributed by atoms with E-state index in [-0.39, 0.29) is 11.5 Å². The van der Waals surface area contributed by atoms with Gasteiger partial charge in [0.25, 0.3) is 5.91 Å². The summed E-state index contributed by atoms with van der Waals surface area (Å²) in [5.41, 5.74) is 1.61. The van der Waals surface area contributed by atoms with E-state index in [1.165, 1.54) is 13.2 Å². The van der Waals surface area contributed by atoms with Crippen LogP contribution < -0.4 is 30.2 Å². The molecule has 0 atom stereocenters. The molecular weight excluding hydrogens is 422 g/mol. The average molecular weight is 440 g/mol. The molecule has 1 heterocycles. The van der Waals surface area contributed by atoms with Crippen molar-refractivity contribution in [2.24, 2.45) is 0 Å². The summed E-state index contributed by atoms with van der Waals surface area (Å²) in [7, 11) is 3.04. The highest BCUT2D eigenvalue weighted by atomic mass is 35.5. The summed E-state index contributed by atoms with van der Waals surface area (Å²) in [6.07, 6.45) is 0. The van der Waals surface area contributed by atoms with Crippen LogP contribution in [0.4, 0.5) is 21.9 Å². The summed E-state index contributed by atoms with van der Waals surface area (Å²) < 4.78 is 16.3. The molecule has 3 aromatic carbocycles. The van der Waals surface area contributed by atoms with Crippen LogP contribution in [0.1, 0.15) is 10.4 Å². The van der Waals surface area contributed by atoms with Gasteiger partial charge < -0.3 is 30.2 Å². The van der Waals surface area contributed by atoms with Crippen molar-refractivity contribution < 1.29 is 23.8 Å². The lowest BCUT2D eigenvalue weighted by atomic mass is 10.1. The van der Waals surface area contributed by atoms with Gasteiger partial charge in [-0.2, -0.15) is 0 Å². The molecule has 3 N–H and O–H groups in total. The number of fused-ring (bicyclic) bond motifs is 2. The van der Waals surface area contributed by atoms with Gasteiger partial charge in [-0.1, -0.05) is 11.6 Å². The van der Waals surface area contributed by atoms with Gasteiger partial charge in [0.15, 0.2) is 5.75 Å². The highest BCUT2D eigenvalue weighted by Gasteiger charge is 2.22. The molecule has 3 aromatic rings. The maximum atomic E-state index is 12.7. The van der Waals surface area contributed by atoms with Gasteiger partial charge in [0.1, 0.15) is 17.2 Å². The van der Waals surface area contributed by atoms with E-state index in [0.717, 1.165) is 0 Å². The maximum absolute atomic E-state index is 12.7. The largest absolute Gasteiger partial charge is 0.497 e. The molecule has 8 nitrogen and oxygen atoms in total. The molecule has 31 heavy (non-hydrogen) atoms. The van der Waals surface area contributed by atoms with Crippen LogP contribution in [0.3, 0.4) is 0 Å². The molecular formula is C22H18ClN3O5. The molecule has 0 bridgehead atoms. The van der Waals surface area contributed by atoms with E-state index in [0.29, 0.717) is 45.1 Å². The lowest BCUT2D eigenvalue weighted by Gasteiger charge is -2.13. The molecule has 4 rings (SSSR count). The molecule has 3 amide bonds. The van der Waals surface area contributed by atoms with Gasteiger partial charge in [-0.15, -0.1) is 0 Å². The van der Waals surface area contributed by atoms with Crippen LogP contribution in [0, 0.1) is 0 Å². The van der Waals surface area contributed by atoms with E-state index in [1.54, 1.807) is 55.6 Å². The number of ether oxygens (including phenoxy) is 3. The molecule has 0 aromatic heterocycles. The Morgan fingerprint density at radius 1 is 0.968 bits per heavy atom. The van der Waals surface area contributed by atoms with Crippen molar-refractivity contribution in [3.8, 4) is 23.0 Å². The first-order valence-electron chi connectivity index (χ1n) is 9.19. The molecule has 0 radical (unpaired) electrons. The molecule has 0 unspecified atom stereocenters. The summed E-state index contributed by atoms with van der Waals surface area (Å²) in [5, 5.41) is 8.64. The predicted molar refractivity (Wildman–Crippen MR) is 118 cm³/mol. The van der Waals surface area contributed by atoms with Crippen LogP contribution in [0.5, 0.6) is 23.0 Å². The quantitative estimate of drug-likeness (QED) is 0.508. The van der Waals surface area contributed by atoms with Gasteiger partial charge in [-0.25, -0.2) is 4.79 Å². The number of carbonyl (C=O) groups excluding carboxylic acids is 2. The van der Waals surface area contributed by atoms with Crippen LogP contribution in [0.15, 0.2) is 54.6 Å². The zero-order valence-corrected chi connectivity index (χ0v) is 17.4. The van der Waals surface area contributed by atoms with E-state index in [2.05, 4.69) is 16.0 Å². The second-order valence-corrected chi connectivity index (χ2v) is 6.99. The Bertz CT molecular complexity index is 1180. The first kappa shape index (κ1) is 20.4. The number of amides is 3.